The Bertz CT molecular complexity index is 745. The lowest BCUT2D eigenvalue weighted by molar-refractivity contribution is -0.128. The van der Waals surface area contributed by atoms with Crippen LogP contribution in [0.2, 0.25) is 0 Å². The fraction of sp³-hybridized carbons (Fsp3) is 0.353. The van der Waals surface area contributed by atoms with Crippen LogP contribution in [0.1, 0.15) is 34.8 Å². The van der Waals surface area contributed by atoms with Gasteiger partial charge in [-0.1, -0.05) is 41.7 Å². The van der Waals surface area contributed by atoms with Crippen LogP contribution in [0.3, 0.4) is 0 Å². The van der Waals surface area contributed by atoms with Crippen molar-refractivity contribution in [2.75, 3.05) is 6.61 Å². The number of hydrogen-bond donors (Lipinski definition) is 1. The number of aryl methyl sites for hydroxylation is 1. The molecule has 1 aromatic heterocycles. The molecule has 1 N–H and O–H groups in total. The Morgan fingerprint density at radius 1 is 1.24 bits per heavy atom. The predicted molar refractivity (Wildman–Crippen MR) is 92.3 cm³/mol. The molecule has 1 atom stereocenters. The molecule has 0 spiro atoms. The Morgan fingerprint density at radius 3 is 2.60 bits per heavy atom. The van der Waals surface area contributed by atoms with Crippen LogP contribution in [0.4, 0.5) is 0 Å². The van der Waals surface area contributed by atoms with Crippen molar-refractivity contribution in [3.05, 3.63) is 46.5 Å². The average molecular weight is 361 g/mol. The van der Waals surface area contributed by atoms with Crippen LogP contribution in [0.15, 0.2) is 30.3 Å². The maximum absolute atomic E-state index is 12.0. The number of carbonyl (C=O) groups is 3. The van der Waals surface area contributed by atoms with Crippen LogP contribution in [-0.4, -0.2) is 39.9 Å². The van der Waals surface area contributed by atoms with Gasteiger partial charge in [-0.25, -0.2) is 4.79 Å². The number of amides is 1. The number of nitrogens with one attached hydrogen (secondary N) is 1. The SMILES string of the molecule is CCc1nnsc1C(=O)OCC(=O)N[C@@H](Cc1ccccc1)C(C)=O. The molecule has 0 fully saturated rings. The highest BCUT2D eigenvalue weighted by molar-refractivity contribution is 7.07. The summed E-state index contributed by atoms with van der Waals surface area (Å²) in [6.07, 6.45) is 0.936. The maximum atomic E-state index is 12.0. The molecule has 0 radical (unpaired) electrons. The van der Waals surface area contributed by atoms with Crippen LogP contribution in [0, 0.1) is 0 Å². The first-order valence-corrected chi connectivity index (χ1v) is 8.60. The summed E-state index contributed by atoms with van der Waals surface area (Å²) in [5.74, 6) is -1.33. The van der Waals surface area contributed by atoms with Crippen molar-refractivity contribution < 1.29 is 19.1 Å². The molecule has 0 saturated carbocycles. The minimum absolute atomic E-state index is 0.163. The largest absolute Gasteiger partial charge is 0.451 e. The normalized spacial score (nSPS) is 11.6. The van der Waals surface area contributed by atoms with E-state index in [9.17, 15) is 14.4 Å². The Labute approximate surface area is 149 Å². The highest BCUT2D eigenvalue weighted by Gasteiger charge is 2.21. The van der Waals surface area contributed by atoms with E-state index in [-0.39, 0.29) is 5.78 Å². The molecule has 1 aromatic carbocycles. The average Bonchev–Trinajstić information content (AvgIpc) is 3.08. The summed E-state index contributed by atoms with van der Waals surface area (Å²) in [7, 11) is 0. The van der Waals surface area contributed by atoms with Gasteiger partial charge in [0.1, 0.15) is 0 Å². The van der Waals surface area contributed by atoms with Gasteiger partial charge >= 0.3 is 5.97 Å². The van der Waals surface area contributed by atoms with Gasteiger partial charge in [0, 0.05) is 0 Å². The van der Waals surface area contributed by atoms with Crippen molar-refractivity contribution in [1.29, 1.82) is 0 Å². The Hall–Kier alpha value is -2.61. The summed E-state index contributed by atoms with van der Waals surface area (Å²) < 4.78 is 8.69. The molecule has 25 heavy (non-hydrogen) atoms. The van der Waals surface area contributed by atoms with Crippen molar-refractivity contribution in [2.24, 2.45) is 0 Å². The Morgan fingerprint density at radius 2 is 1.96 bits per heavy atom. The van der Waals surface area contributed by atoms with Crippen molar-refractivity contribution >= 4 is 29.2 Å². The van der Waals surface area contributed by atoms with E-state index in [1.807, 2.05) is 37.3 Å². The van der Waals surface area contributed by atoms with E-state index in [4.69, 9.17) is 4.74 Å². The van der Waals surface area contributed by atoms with Crippen LogP contribution >= 0.6 is 11.5 Å². The molecule has 0 unspecified atom stereocenters. The monoisotopic (exact) mass is 361 g/mol. The molecule has 0 aliphatic rings. The zero-order valence-electron chi connectivity index (χ0n) is 14.0. The third-order valence-electron chi connectivity index (χ3n) is 3.52. The summed E-state index contributed by atoms with van der Waals surface area (Å²) in [6.45, 7) is 2.80. The standard InChI is InChI=1S/C17H19N3O4S/c1-3-13-16(25-20-19-13)17(23)24-10-15(22)18-14(11(2)21)9-12-7-5-4-6-8-12/h4-8,14H,3,9-10H2,1-2H3,(H,18,22)/t14-/m0/s1. The molecule has 2 aromatic rings. The van der Waals surface area contributed by atoms with E-state index < -0.39 is 24.5 Å². The zero-order valence-corrected chi connectivity index (χ0v) is 14.8. The summed E-state index contributed by atoms with van der Waals surface area (Å²) in [4.78, 5) is 36.0. The number of esters is 1. The molecule has 0 aliphatic heterocycles. The van der Waals surface area contributed by atoms with E-state index in [1.54, 1.807) is 0 Å². The molecule has 1 amide bonds. The van der Waals surface area contributed by atoms with E-state index >= 15 is 0 Å². The van der Waals surface area contributed by atoms with Crippen LogP contribution in [-0.2, 0) is 27.2 Å². The van der Waals surface area contributed by atoms with Crippen LogP contribution in [0.5, 0.6) is 0 Å². The van der Waals surface area contributed by atoms with Gasteiger partial charge in [0.05, 0.1) is 11.7 Å². The highest BCUT2D eigenvalue weighted by atomic mass is 32.1. The first-order chi connectivity index (χ1) is 12.0. The van der Waals surface area contributed by atoms with Crippen LogP contribution in [0.25, 0.3) is 0 Å². The van der Waals surface area contributed by atoms with Gasteiger partial charge in [0.25, 0.3) is 5.91 Å². The molecule has 0 bridgehead atoms. The lowest BCUT2D eigenvalue weighted by Crippen LogP contribution is -2.43. The first-order valence-electron chi connectivity index (χ1n) is 7.83. The lowest BCUT2D eigenvalue weighted by atomic mass is 10.0. The minimum Gasteiger partial charge on any atom is -0.451 e. The van der Waals surface area contributed by atoms with Crippen LogP contribution < -0.4 is 5.32 Å². The molecule has 0 aliphatic carbocycles. The molecule has 8 heteroatoms. The quantitative estimate of drug-likeness (QED) is 0.717. The van der Waals surface area contributed by atoms with Gasteiger partial charge in [-0.2, -0.15) is 0 Å². The highest BCUT2D eigenvalue weighted by Crippen LogP contribution is 2.12. The minimum atomic E-state index is -0.662. The molecular weight excluding hydrogens is 342 g/mol. The van der Waals surface area contributed by atoms with E-state index in [0.29, 0.717) is 23.4 Å². The second-order valence-electron chi connectivity index (χ2n) is 5.40. The van der Waals surface area contributed by atoms with Crippen molar-refractivity contribution in [2.45, 2.75) is 32.7 Å². The Kier molecular flexibility index (Phi) is 6.76. The topological polar surface area (TPSA) is 98.2 Å². The number of rotatable bonds is 8. The molecule has 1 heterocycles. The first kappa shape index (κ1) is 18.7. The maximum Gasteiger partial charge on any atom is 0.352 e. The summed E-state index contributed by atoms with van der Waals surface area (Å²) in [6, 6.07) is 8.71. The number of ketones is 1. The molecule has 132 valence electrons. The Balaban J connectivity index is 1.89. The van der Waals surface area contributed by atoms with Crippen molar-refractivity contribution in [3.63, 3.8) is 0 Å². The fourth-order valence-corrected chi connectivity index (χ4v) is 2.82. The van der Waals surface area contributed by atoms with E-state index in [2.05, 4.69) is 14.9 Å². The number of hydrogen-bond acceptors (Lipinski definition) is 7. The zero-order chi connectivity index (χ0) is 18.2. The lowest BCUT2D eigenvalue weighted by Gasteiger charge is -2.16. The van der Waals surface area contributed by atoms with E-state index in [0.717, 1.165) is 17.1 Å². The summed E-state index contributed by atoms with van der Waals surface area (Å²) in [5.41, 5.74) is 1.48. The fourth-order valence-electron chi connectivity index (χ4n) is 2.17. The van der Waals surface area contributed by atoms with Gasteiger partial charge in [0.15, 0.2) is 17.3 Å². The van der Waals surface area contributed by atoms with Crippen molar-refractivity contribution in [1.82, 2.24) is 14.9 Å². The smallest absolute Gasteiger partial charge is 0.352 e. The van der Waals surface area contributed by atoms with Gasteiger partial charge in [0.2, 0.25) is 0 Å². The molecule has 7 nitrogen and oxygen atoms in total. The number of benzene rings is 1. The third kappa shape index (κ3) is 5.46. The van der Waals surface area contributed by atoms with E-state index in [1.165, 1.54) is 6.92 Å². The predicted octanol–water partition coefficient (Wildman–Crippen LogP) is 1.57. The van der Waals surface area contributed by atoms with Gasteiger partial charge in [-0.15, -0.1) is 5.10 Å². The summed E-state index contributed by atoms with van der Waals surface area (Å²) in [5, 5.41) is 6.42. The molecule has 2 rings (SSSR count). The second kappa shape index (κ2) is 9.03. The summed E-state index contributed by atoms with van der Waals surface area (Å²) >= 11 is 0.933. The third-order valence-corrected chi connectivity index (χ3v) is 4.27. The number of ether oxygens (including phenoxy) is 1. The second-order valence-corrected chi connectivity index (χ2v) is 6.15. The molecule has 0 saturated heterocycles. The number of nitrogens with zero attached hydrogens (tertiary/aromatic N) is 2. The number of carbonyl (C=O) groups excluding carboxylic acids is 3. The number of aromatic nitrogens is 2. The van der Waals surface area contributed by atoms with Gasteiger partial charge < -0.3 is 10.1 Å². The van der Waals surface area contributed by atoms with Crippen molar-refractivity contribution in [3.8, 4) is 0 Å². The number of Topliss-reactive ketones (excluding diaryl/α,β-unsaturated/α-hetero) is 1. The van der Waals surface area contributed by atoms with Gasteiger partial charge in [-0.05, 0) is 36.9 Å². The molecular formula is C17H19N3O4S. The van der Waals surface area contributed by atoms with Gasteiger partial charge in [-0.3, -0.25) is 9.59 Å².